The number of hydrogen-bond donors (Lipinski definition) is 0. The molecule has 0 aliphatic heterocycles. The van der Waals surface area contributed by atoms with Crippen LogP contribution in [0.1, 0.15) is 79.7 Å². The molecule has 1 aromatic rings. The van der Waals surface area contributed by atoms with E-state index in [0.29, 0.717) is 19.3 Å². The van der Waals surface area contributed by atoms with Gasteiger partial charge in [0.05, 0.1) is 7.11 Å². The predicted octanol–water partition coefficient (Wildman–Crippen LogP) is 3.72. The molecule has 0 bridgehead atoms. The van der Waals surface area contributed by atoms with Gasteiger partial charge in [0.25, 0.3) is 0 Å². The Bertz CT molecular complexity index is 1410. The first-order valence-corrected chi connectivity index (χ1v) is 18.1. The highest BCUT2D eigenvalue weighted by Gasteiger charge is 2.43. The van der Waals surface area contributed by atoms with Crippen LogP contribution in [0.2, 0.25) is 0 Å². The van der Waals surface area contributed by atoms with Crippen molar-refractivity contribution in [3.8, 4) is 12.3 Å². The quantitative estimate of drug-likeness (QED) is 0.121. The fourth-order valence-electron chi connectivity index (χ4n) is 6.59. The second-order valence-corrected chi connectivity index (χ2v) is 14.7. The highest BCUT2D eigenvalue weighted by atomic mass is 16.5. The van der Waals surface area contributed by atoms with E-state index in [9.17, 15) is 28.8 Å². The van der Waals surface area contributed by atoms with Crippen molar-refractivity contribution in [2.75, 3.05) is 42.3 Å². The van der Waals surface area contributed by atoms with E-state index in [0.717, 1.165) is 5.56 Å². The number of terminal acetylenes is 1. The van der Waals surface area contributed by atoms with Crippen molar-refractivity contribution in [1.29, 1.82) is 0 Å². The van der Waals surface area contributed by atoms with E-state index in [1.165, 1.54) is 52.8 Å². The maximum atomic E-state index is 14.3. The summed E-state index contributed by atoms with van der Waals surface area (Å²) in [5.41, 5.74) is 0.840. The first kappa shape index (κ1) is 45.6. The van der Waals surface area contributed by atoms with Crippen molar-refractivity contribution in [2.24, 2.45) is 17.8 Å². The second-order valence-electron chi connectivity index (χ2n) is 14.7. The van der Waals surface area contributed by atoms with Gasteiger partial charge in [0.1, 0.15) is 30.2 Å². The number of esters is 1. The Labute approximate surface area is 312 Å². The van der Waals surface area contributed by atoms with Crippen LogP contribution < -0.4 is 0 Å². The van der Waals surface area contributed by atoms with Gasteiger partial charge < -0.3 is 29.2 Å². The Morgan fingerprint density at radius 3 is 1.50 bits per heavy atom. The van der Waals surface area contributed by atoms with Crippen LogP contribution in [-0.4, -0.2) is 133 Å². The lowest BCUT2D eigenvalue weighted by Gasteiger charge is -2.41. The van der Waals surface area contributed by atoms with Crippen molar-refractivity contribution in [3.63, 3.8) is 0 Å². The first-order valence-electron chi connectivity index (χ1n) is 18.1. The highest BCUT2D eigenvalue weighted by molar-refractivity contribution is 5.96. The summed E-state index contributed by atoms with van der Waals surface area (Å²) in [4.78, 5) is 89.0. The summed E-state index contributed by atoms with van der Waals surface area (Å²) in [5, 5.41) is 0. The molecule has 5 amide bonds. The molecule has 0 aliphatic carbocycles. The Morgan fingerprint density at radius 2 is 1.08 bits per heavy atom. The lowest BCUT2D eigenvalue weighted by Crippen LogP contribution is -2.61. The monoisotopic (exact) mass is 725 g/mol. The van der Waals surface area contributed by atoms with Gasteiger partial charge in [-0.2, -0.15) is 0 Å². The van der Waals surface area contributed by atoms with Crippen LogP contribution >= 0.6 is 0 Å². The van der Waals surface area contributed by atoms with Crippen molar-refractivity contribution in [1.82, 2.24) is 24.5 Å². The van der Waals surface area contributed by atoms with E-state index in [1.54, 1.807) is 21.0 Å². The van der Waals surface area contributed by atoms with Gasteiger partial charge in [0.2, 0.25) is 29.5 Å². The summed E-state index contributed by atoms with van der Waals surface area (Å²) < 4.78 is 5.01. The van der Waals surface area contributed by atoms with Crippen LogP contribution in [0, 0.1) is 30.1 Å². The van der Waals surface area contributed by atoms with Gasteiger partial charge in [-0.05, 0) is 43.1 Å². The lowest BCUT2D eigenvalue weighted by molar-refractivity contribution is -0.158. The van der Waals surface area contributed by atoms with Crippen LogP contribution in [-0.2, 0) is 39.9 Å². The zero-order valence-electron chi connectivity index (χ0n) is 33.7. The fraction of sp³-hybridized carbons (Fsp3) is 0.650. The topological polar surface area (TPSA) is 128 Å². The number of nitrogens with zero attached hydrogens (tertiary/aromatic N) is 5. The number of ether oxygens (including phenoxy) is 1. The Morgan fingerprint density at radius 1 is 0.635 bits per heavy atom. The minimum Gasteiger partial charge on any atom is -0.467 e. The third-order valence-electron chi connectivity index (χ3n) is 9.80. The third-order valence-corrected chi connectivity index (χ3v) is 9.80. The van der Waals surface area contributed by atoms with Crippen LogP contribution in [0.3, 0.4) is 0 Å². The molecule has 0 fully saturated rings. The van der Waals surface area contributed by atoms with E-state index in [-0.39, 0.29) is 42.4 Å². The molecule has 0 saturated heterocycles. The molecule has 12 nitrogen and oxygen atoms in total. The molecule has 0 spiro atoms. The molecule has 0 aliphatic rings. The number of carbonyl (C=O) groups is 6. The summed E-state index contributed by atoms with van der Waals surface area (Å²) in [6, 6.07) is 4.62. The summed E-state index contributed by atoms with van der Waals surface area (Å²) in [5.74, 6) is -0.890. The number of benzene rings is 1. The number of methoxy groups -OCH3 is 1. The van der Waals surface area contributed by atoms with Crippen molar-refractivity contribution in [3.05, 3.63) is 35.9 Å². The molecule has 0 N–H and O–H groups in total. The first-order chi connectivity index (χ1) is 24.3. The number of rotatable bonds is 19. The van der Waals surface area contributed by atoms with Crippen molar-refractivity contribution >= 4 is 35.5 Å². The van der Waals surface area contributed by atoms with Crippen LogP contribution in [0.15, 0.2) is 30.3 Å². The molecule has 1 rings (SSSR count). The largest absolute Gasteiger partial charge is 0.467 e. The van der Waals surface area contributed by atoms with Crippen molar-refractivity contribution < 1.29 is 33.5 Å². The van der Waals surface area contributed by atoms with Gasteiger partial charge in [-0.3, -0.25) is 24.0 Å². The standard InChI is InChI=1S/C40H63N5O7/c1-15-16-17-21-24-32(46)43(11)33(26(2)3)38(49)45(13)35(28(6)7)39(50)44(12)34(27(4)5)37(48)41(9)29(8)36(47)42(10)31(40(51)52-14)25-30-22-19-18-20-23-30/h1,18-20,22-23,26-29,31,33-35H,16-17,21,24-25H2,2-14H3/t29-,31-,33-,34-,35-/m0/s1. The molecule has 12 heteroatoms. The lowest BCUT2D eigenvalue weighted by atomic mass is 9.94. The number of carbonyl (C=O) groups excluding carboxylic acids is 6. The minimum absolute atomic E-state index is 0.178. The van der Waals surface area contributed by atoms with Gasteiger partial charge in [0, 0.05) is 54.5 Å². The molecule has 1 aromatic carbocycles. The molecule has 0 aromatic heterocycles. The number of unbranched alkanes of at least 4 members (excludes halogenated alkanes) is 2. The van der Waals surface area contributed by atoms with Gasteiger partial charge in [-0.1, -0.05) is 71.9 Å². The summed E-state index contributed by atoms with van der Waals surface area (Å²) >= 11 is 0. The fourth-order valence-corrected chi connectivity index (χ4v) is 6.59. The summed E-state index contributed by atoms with van der Waals surface area (Å²) in [6.07, 6.45) is 7.71. The molecular formula is C40H63N5O7. The highest BCUT2D eigenvalue weighted by Crippen LogP contribution is 2.23. The summed E-state index contributed by atoms with van der Waals surface area (Å²) in [7, 11) is 8.96. The molecule has 0 unspecified atom stereocenters. The zero-order valence-corrected chi connectivity index (χ0v) is 33.7. The van der Waals surface area contributed by atoms with Gasteiger partial charge in [0.15, 0.2) is 0 Å². The maximum absolute atomic E-state index is 14.3. The van der Waals surface area contributed by atoms with Crippen LogP contribution in [0.25, 0.3) is 0 Å². The predicted molar refractivity (Wildman–Crippen MR) is 202 cm³/mol. The van der Waals surface area contributed by atoms with E-state index >= 15 is 0 Å². The Kier molecular flexibility index (Phi) is 18.6. The number of hydrogen-bond acceptors (Lipinski definition) is 7. The average molecular weight is 726 g/mol. The molecular weight excluding hydrogens is 662 g/mol. The molecule has 52 heavy (non-hydrogen) atoms. The SMILES string of the molecule is C#CCCCCC(=O)N(C)[C@H](C(=O)N(C)[C@H](C(=O)N(C)[C@H](C(=O)N(C)[C@@H](C)C(=O)N(C)[C@@H](Cc1ccccc1)C(=O)OC)C(C)C)C(C)C)C(C)C. The van der Waals surface area contributed by atoms with Crippen LogP contribution in [0.4, 0.5) is 0 Å². The van der Waals surface area contributed by atoms with E-state index in [4.69, 9.17) is 11.2 Å². The number of likely N-dealkylation sites (N-methyl/N-ethyl adjacent to an activating group) is 5. The molecule has 0 saturated carbocycles. The maximum Gasteiger partial charge on any atom is 0.328 e. The number of amides is 5. The third kappa shape index (κ3) is 11.8. The van der Waals surface area contributed by atoms with E-state index in [1.807, 2.05) is 71.9 Å². The molecule has 0 heterocycles. The Hall–Kier alpha value is -4.40. The molecule has 5 atom stereocenters. The zero-order chi connectivity index (χ0) is 40.0. The molecule has 0 radical (unpaired) electrons. The smallest absolute Gasteiger partial charge is 0.328 e. The normalized spacial score (nSPS) is 14.1. The second kappa shape index (κ2) is 21.2. The van der Waals surface area contributed by atoms with Gasteiger partial charge in [-0.15, -0.1) is 12.3 Å². The average Bonchev–Trinajstić information content (AvgIpc) is 3.10. The minimum atomic E-state index is -0.984. The van der Waals surface area contributed by atoms with Crippen LogP contribution in [0.5, 0.6) is 0 Å². The Balaban J connectivity index is 3.31. The van der Waals surface area contributed by atoms with E-state index < -0.39 is 53.9 Å². The molecule has 290 valence electrons. The van der Waals surface area contributed by atoms with Gasteiger partial charge in [-0.25, -0.2) is 4.79 Å². The van der Waals surface area contributed by atoms with Crippen molar-refractivity contribution in [2.45, 2.75) is 111 Å². The van der Waals surface area contributed by atoms with E-state index in [2.05, 4.69) is 5.92 Å². The van der Waals surface area contributed by atoms with Gasteiger partial charge >= 0.3 is 5.97 Å². The summed E-state index contributed by atoms with van der Waals surface area (Å²) in [6.45, 7) is 12.6.